The maximum absolute atomic E-state index is 5.95. The van der Waals surface area contributed by atoms with Crippen molar-refractivity contribution in [3.8, 4) is 0 Å². The third-order valence-electron chi connectivity index (χ3n) is 2.10. The van der Waals surface area contributed by atoms with Crippen molar-refractivity contribution in [2.24, 2.45) is 5.73 Å². The molecule has 0 fully saturated rings. The predicted octanol–water partition coefficient (Wildman–Crippen LogP) is 3.22. The maximum Gasteiger partial charge on any atom is 0.0508 e. The molecule has 1 rings (SSSR count). The van der Waals surface area contributed by atoms with Gasteiger partial charge in [-0.1, -0.05) is 29.8 Å². The van der Waals surface area contributed by atoms with Gasteiger partial charge in [-0.15, -0.1) is 0 Å². The van der Waals surface area contributed by atoms with Crippen molar-refractivity contribution < 1.29 is 0 Å². The van der Waals surface area contributed by atoms with Gasteiger partial charge in [0.15, 0.2) is 0 Å². The lowest BCUT2D eigenvalue weighted by Crippen LogP contribution is -2.12. The molecule has 0 heterocycles. The number of hydrogen-bond donors (Lipinski definition) is 1. The largest absolute Gasteiger partial charge is 0.321 e. The third-order valence-corrected chi connectivity index (χ3v) is 2.33. The van der Waals surface area contributed by atoms with E-state index in [1.807, 2.05) is 32.0 Å². The minimum atomic E-state index is -0.0859. The molecule has 0 radical (unpaired) electrons. The summed E-state index contributed by atoms with van der Waals surface area (Å²) in [5, 5.41) is 0.746. The van der Waals surface area contributed by atoms with E-state index in [4.69, 9.17) is 17.3 Å². The van der Waals surface area contributed by atoms with Gasteiger partial charge in [-0.2, -0.15) is 0 Å². The Kier molecular flexibility index (Phi) is 3.12. The third kappa shape index (κ3) is 2.33. The molecule has 13 heavy (non-hydrogen) atoms. The normalized spacial score (nSPS) is 12.6. The van der Waals surface area contributed by atoms with E-state index in [0.717, 1.165) is 21.7 Å². The van der Waals surface area contributed by atoms with Crippen LogP contribution in [0.15, 0.2) is 30.4 Å². The molecule has 2 N–H and O–H groups in total. The molecule has 1 aromatic rings. The number of aryl methyl sites for hydroxylation is 1. The van der Waals surface area contributed by atoms with Crippen LogP contribution in [-0.2, 0) is 0 Å². The first-order valence-electron chi connectivity index (χ1n) is 4.19. The second kappa shape index (κ2) is 3.95. The highest BCUT2D eigenvalue weighted by atomic mass is 35.5. The molecule has 1 unspecified atom stereocenters. The summed E-state index contributed by atoms with van der Waals surface area (Å²) in [4.78, 5) is 0. The molecule has 0 spiro atoms. The Morgan fingerprint density at radius 1 is 1.54 bits per heavy atom. The van der Waals surface area contributed by atoms with Gasteiger partial charge in [-0.25, -0.2) is 0 Å². The predicted molar refractivity (Wildman–Crippen MR) is 57.9 cm³/mol. The van der Waals surface area contributed by atoms with Crippen molar-refractivity contribution in [2.45, 2.75) is 19.9 Å². The van der Waals surface area contributed by atoms with Gasteiger partial charge in [0.05, 0.1) is 6.04 Å². The number of nitrogens with two attached hydrogens (primary N) is 1. The highest BCUT2D eigenvalue weighted by Crippen LogP contribution is 2.23. The van der Waals surface area contributed by atoms with E-state index in [0.29, 0.717) is 0 Å². The molecule has 0 aliphatic carbocycles. The number of benzene rings is 1. The van der Waals surface area contributed by atoms with Crippen LogP contribution in [0.5, 0.6) is 0 Å². The molecular weight excluding hydrogens is 182 g/mol. The van der Waals surface area contributed by atoms with Gasteiger partial charge in [0, 0.05) is 5.02 Å². The number of halogens is 1. The first-order chi connectivity index (χ1) is 6.02. The van der Waals surface area contributed by atoms with Crippen LogP contribution >= 0.6 is 11.6 Å². The Hall–Kier alpha value is -0.790. The van der Waals surface area contributed by atoms with Crippen LogP contribution in [0.2, 0.25) is 5.02 Å². The van der Waals surface area contributed by atoms with E-state index in [2.05, 4.69) is 6.58 Å². The zero-order chi connectivity index (χ0) is 10.0. The average Bonchev–Trinajstić information content (AvgIpc) is 2.03. The fourth-order valence-corrected chi connectivity index (χ4v) is 1.48. The minimum absolute atomic E-state index is 0.0859. The quantitative estimate of drug-likeness (QED) is 0.721. The molecule has 1 nitrogen and oxygen atoms in total. The summed E-state index contributed by atoms with van der Waals surface area (Å²) in [5.41, 5.74) is 9.12. The van der Waals surface area contributed by atoms with Gasteiger partial charge in [-0.3, -0.25) is 0 Å². The molecule has 0 amide bonds. The second-order valence-corrected chi connectivity index (χ2v) is 3.76. The molecule has 0 aliphatic heterocycles. The summed E-state index contributed by atoms with van der Waals surface area (Å²) in [6.07, 6.45) is 0. The smallest absolute Gasteiger partial charge is 0.0508 e. The molecule has 2 heteroatoms. The lowest BCUT2D eigenvalue weighted by Gasteiger charge is -2.14. The fraction of sp³-hybridized carbons (Fsp3) is 0.273. The Morgan fingerprint density at radius 2 is 2.15 bits per heavy atom. The molecule has 0 aliphatic rings. The fourth-order valence-electron chi connectivity index (χ4n) is 1.25. The van der Waals surface area contributed by atoms with Gasteiger partial charge in [0.1, 0.15) is 0 Å². The lowest BCUT2D eigenvalue weighted by molar-refractivity contribution is 0.842. The molecule has 0 bridgehead atoms. The molecule has 0 saturated heterocycles. The van der Waals surface area contributed by atoms with Gasteiger partial charge >= 0.3 is 0 Å². The average molecular weight is 196 g/mol. The molecule has 0 saturated carbocycles. The second-order valence-electron chi connectivity index (χ2n) is 3.32. The lowest BCUT2D eigenvalue weighted by atomic mass is 9.98. The summed E-state index contributed by atoms with van der Waals surface area (Å²) >= 11 is 5.84. The molecule has 0 aromatic heterocycles. The monoisotopic (exact) mass is 195 g/mol. The number of hydrogen-bond acceptors (Lipinski definition) is 1. The van der Waals surface area contributed by atoms with Gasteiger partial charge in [0.2, 0.25) is 0 Å². The van der Waals surface area contributed by atoms with Crippen LogP contribution in [0.1, 0.15) is 24.1 Å². The zero-order valence-electron chi connectivity index (χ0n) is 7.97. The molecular formula is C11H14ClN. The first kappa shape index (κ1) is 10.3. The van der Waals surface area contributed by atoms with E-state index in [1.54, 1.807) is 0 Å². The van der Waals surface area contributed by atoms with Crippen molar-refractivity contribution in [1.82, 2.24) is 0 Å². The van der Waals surface area contributed by atoms with E-state index in [1.165, 1.54) is 0 Å². The maximum atomic E-state index is 5.95. The Morgan fingerprint density at radius 3 is 2.62 bits per heavy atom. The highest BCUT2D eigenvalue weighted by Gasteiger charge is 2.08. The summed E-state index contributed by atoms with van der Waals surface area (Å²) in [6.45, 7) is 7.77. The van der Waals surface area contributed by atoms with Crippen molar-refractivity contribution in [2.75, 3.05) is 0 Å². The van der Waals surface area contributed by atoms with Gasteiger partial charge < -0.3 is 5.73 Å². The topological polar surface area (TPSA) is 26.0 Å². The van der Waals surface area contributed by atoms with Crippen LogP contribution < -0.4 is 5.73 Å². The summed E-state index contributed by atoms with van der Waals surface area (Å²) in [7, 11) is 0. The highest BCUT2D eigenvalue weighted by molar-refractivity contribution is 6.30. The SMILES string of the molecule is C=C(C)C(N)c1ccc(Cl)cc1C. The molecule has 70 valence electrons. The van der Waals surface area contributed by atoms with Crippen molar-refractivity contribution in [3.63, 3.8) is 0 Å². The van der Waals surface area contributed by atoms with Crippen molar-refractivity contribution in [1.29, 1.82) is 0 Å². The van der Waals surface area contributed by atoms with E-state index in [9.17, 15) is 0 Å². The standard InChI is InChI=1S/C11H14ClN/c1-7(2)11(13)10-5-4-9(12)6-8(10)3/h4-6,11H,1,13H2,2-3H3. The Balaban J connectivity index is 3.08. The van der Waals surface area contributed by atoms with Crippen LogP contribution in [0.3, 0.4) is 0 Å². The summed E-state index contributed by atoms with van der Waals surface area (Å²) < 4.78 is 0. The van der Waals surface area contributed by atoms with Crippen LogP contribution in [0.25, 0.3) is 0 Å². The summed E-state index contributed by atoms with van der Waals surface area (Å²) in [6, 6.07) is 5.64. The number of rotatable bonds is 2. The summed E-state index contributed by atoms with van der Waals surface area (Å²) in [5.74, 6) is 0. The van der Waals surface area contributed by atoms with Crippen LogP contribution in [-0.4, -0.2) is 0 Å². The Bertz CT molecular complexity index is 331. The van der Waals surface area contributed by atoms with E-state index < -0.39 is 0 Å². The molecule has 1 atom stereocenters. The zero-order valence-corrected chi connectivity index (χ0v) is 8.73. The van der Waals surface area contributed by atoms with E-state index >= 15 is 0 Å². The first-order valence-corrected chi connectivity index (χ1v) is 4.57. The minimum Gasteiger partial charge on any atom is -0.321 e. The van der Waals surface area contributed by atoms with Crippen LogP contribution in [0, 0.1) is 6.92 Å². The van der Waals surface area contributed by atoms with Gasteiger partial charge in [-0.05, 0) is 37.1 Å². The van der Waals surface area contributed by atoms with E-state index in [-0.39, 0.29) is 6.04 Å². The molecule has 1 aromatic carbocycles. The Labute approximate surface area is 84.2 Å². The van der Waals surface area contributed by atoms with Crippen molar-refractivity contribution >= 4 is 11.6 Å². The van der Waals surface area contributed by atoms with Gasteiger partial charge in [0.25, 0.3) is 0 Å². The van der Waals surface area contributed by atoms with Crippen LogP contribution in [0.4, 0.5) is 0 Å². The van der Waals surface area contributed by atoms with Crippen molar-refractivity contribution in [3.05, 3.63) is 46.5 Å².